The van der Waals surface area contributed by atoms with Crippen LogP contribution < -0.4 is 5.32 Å². The van der Waals surface area contributed by atoms with E-state index in [-0.39, 0.29) is 11.9 Å². The van der Waals surface area contributed by atoms with Gasteiger partial charge in [-0.1, -0.05) is 6.42 Å². The number of carboxylic acids is 1. The number of fused-ring (bicyclic) bond motifs is 2. The van der Waals surface area contributed by atoms with Crippen molar-refractivity contribution < 1.29 is 19.1 Å². The van der Waals surface area contributed by atoms with Gasteiger partial charge in [-0.05, 0) is 56.4 Å². The summed E-state index contributed by atoms with van der Waals surface area (Å²) in [5, 5.41) is 13.5. The predicted molar refractivity (Wildman–Crippen MR) is 93.7 cm³/mol. The van der Waals surface area contributed by atoms with Gasteiger partial charge in [-0.25, -0.2) is 4.79 Å². The van der Waals surface area contributed by atoms with Crippen molar-refractivity contribution in [2.45, 2.75) is 33.1 Å². The highest BCUT2D eigenvalue weighted by Gasteiger charge is 2.55. The maximum Gasteiger partial charge on any atom is 0.321 e. The van der Waals surface area contributed by atoms with Gasteiger partial charge in [0.1, 0.15) is 11.3 Å². The van der Waals surface area contributed by atoms with Gasteiger partial charge in [0, 0.05) is 24.2 Å². The van der Waals surface area contributed by atoms with Crippen molar-refractivity contribution >= 4 is 28.7 Å². The van der Waals surface area contributed by atoms with E-state index in [1.165, 1.54) is 0 Å². The molecule has 1 aliphatic carbocycles. The van der Waals surface area contributed by atoms with Gasteiger partial charge < -0.3 is 19.7 Å². The zero-order chi connectivity index (χ0) is 17.8. The Morgan fingerprint density at radius 1 is 1.36 bits per heavy atom. The normalized spacial score (nSPS) is 25.4. The molecule has 0 radical (unpaired) electrons. The van der Waals surface area contributed by atoms with Crippen LogP contribution in [0.3, 0.4) is 0 Å². The average molecular weight is 342 g/mol. The number of nitrogens with zero attached hydrogens (tertiary/aromatic N) is 1. The van der Waals surface area contributed by atoms with Crippen molar-refractivity contribution in [3.63, 3.8) is 0 Å². The number of amides is 2. The maximum absolute atomic E-state index is 12.6. The number of anilines is 1. The molecular formula is C19H22N2O4. The van der Waals surface area contributed by atoms with Crippen LogP contribution in [0, 0.1) is 25.2 Å². The molecule has 6 nitrogen and oxygen atoms in total. The van der Waals surface area contributed by atoms with E-state index < -0.39 is 11.4 Å². The Labute approximate surface area is 145 Å². The van der Waals surface area contributed by atoms with E-state index in [2.05, 4.69) is 5.32 Å². The van der Waals surface area contributed by atoms with Crippen molar-refractivity contribution in [1.82, 2.24) is 4.90 Å². The van der Waals surface area contributed by atoms with Gasteiger partial charge >= 0.3 is 12.0 Å². The first-order chi connectivity index (χ1) is 11.9. The van der Waals surface area contributed by atoms with Gasteiger partial charge in [-0.15, -0.1) is 0 Å². The second-order valence-corrected chi connectivity index (χ2v) is 7.36. The summed E-state index contributed by atoms with van der Waals surface area (Å²) >= 11 is 0. The number of aryl methyl sites for hydroxylation is 2. The number of furan rings is 1. The molecule has 6 heteroatoms. The van der Waals surface area contributed by atoms with E-state index in [0.29, 0.717) is 25.2 Å². The molecule has 0 spiro atoms. The highest BCUT2D eigenvalue weighted by molar-refractivity contribution is 5.94. The Morgan fingerprint density at radius 3 is 2.88 bits per heavy atom. The SMILES string of the molecule is Cc1oc2ccc(NC(=O)N3C[C@@H]4CCC[C@@]4(C(=O)O)C3)cc2c1C. The summed E-state index contributed by atoms with van der Waals surface area (Å²) in [6.07, 6.45) is 2.48. The number of aliphatic carboxylic acids is 1. The lowest BCUT2D eigenvalue weighted by molar-refractivity contribution is -0.149. The van der Waals surface area contributed by atoms with Crippen molar-refractivity contribution in [2.75, 3.05) is 18.4 Å². The third kappa shape index (κ3) is 2.39. The Hall–Kier alpha value is -2.50. The molecule has 4 rings (SSSR count). The Kier molecular flexibility index (Phi) is 3.52. The number of benzene rings is 1. The molecule has 0 bridgehead atoms. The van der Waals surface area contributed by atoms with Crippen LogP contribution in [0.1, 0.15) is 30.6 Å². The Morgan fingerprint density at radius 2 is 2.16 bits per heavy atom. The van der Waals surface area contributed by atoms with E-state index in [1.54, 1.807) is 4.90 Å². The summed E-state index contributed by atoms with van der Waals surface area (Å²) in [6.45, 7) is 4.72. The minimum absolute atomic E-state index is 0.0667. The molecule has 0 unspecified atom stereocenters. The van der Waals surface area contributed by atoms with E-state index >= 15 is 0 Å². The molecule has 1 aromatic heterocycles. The van der Waals surface area contributed by atoms with Crippen molar-refractivity contribution in [1.29, 1.82) is 0 Å². The number of carbonyl (C=O) groups is 2. The van der Waals surface area contributed by atoms with Crippen LogP contribution in [0.5, 0.6) is 0 Å². The molecule has 1 aromatic carbocycles. The first-order valence-corrected chi connectivity index (χ1v) is 8.70. The number of urea groups is 1. The van der Waals surface area contributed by atoms with Crippen LogP contribution >= 0.6 is 0 Å². The zero-order valence-corrected chi connectivity index (χ0v) is 14.5. The molecule has 2 heterocycles. The number of nitrogens with one attached hydrogen (secondary N) is 1. The quantitative estimate of drug-likeness (QED) is 0.870. The summed E-state index contributed by atoms with van der Waals surface area (Å²) in [5.41, 5.74) is 1.81. The second-order valence-electron chi connectivity index (χ2n) is 7.36. The van der Waals surface area contributed by atoms with Gasteiger partial charge in [0.15, 0.2) is 0 Å². The van der Waals surface area contributed by atoms with Crippen LogP contribution in [-0.4, -0.2) is 35.1 Å². The molecule has 1 saturated heterocycles. The van der Waals surface area contributed by atoms with Gasteiger partial charge in [0.2, 0.25) is 0 Å². The fourth-order valence-corrected chi connectivity index (χ4v) is 4.42. The highest BCUT2D eigenvalue weighted by Crippen LogP contribution is 2.49. The van der Waals surface area contributed by atoms with Crippen LogP contribution in [0.4, 0.5) is 10.5 Å². The monoisotopic (exact) mass is 342 g/mol. The summed E-state index contributed by atoms with van der Waals surface area (Å²) in [5.74, 6) is 0.169. The largest absolute Gasteiger partial charge is 0.481 e. The molecule has 2 fully saturated rings. The lowest BCUT2D eigenvalue weighted by Crippen LogP contribution is -2.38. The van der Waals surface area contributed by atoms with Gasteiger partial charge in [0.05, 0.1) is 5.41 Å². The van der Waals surface area contributed by atoms with E-state index in [0.717, 1.165) is 35.1 Å². The summed E-state index contributed by atoms with van der Waals surface area (Å²) in [7, 11) is 0. The van der Waals surface area contributed by atoms with E-state index in [4.69, 9.17) is 4.42 Å². The van der Waals surface area contributed by atoms with Crippen LogP contribution in [-0.2, 0) is 4.79 Å². The molecule has 2 N–H and O–H groups in total. The molecular weight excluding hydrogens is 320 g/mol. The molecule has 1 saturated carbocycles. The minimum atomic E-state index is -0.767. The maximum atomic E-state index is 12.6. The average Bonchev–Trinajstić information content (AvgIpc) is 3.20. The van der Waals surface area contributed by atoms with Gasteiger partial charge in [-0.3, -0.25) is 4.79 Å². The molecule has 2 aliphatic rings. The number of carbonyl (C=O) groups excluding carboxylic acids is 1. The third-order valence-electron chi connectivity index (χ3n) is 6.01. The van der Waals surface area contributed by atoms with Crippen molar-refractivity contribution in [2.24, 2.45) is 11.3 Å². The van der Waals surface area contributed by atoms with E-state index in [1.807, 2.05) is 32.0 Å². The Balaban J connectivity index is 1.53. The predicted octanol–water partition coefficient (Wildman–Crippen LogP) is 3.77. The summed E-state index contributed by atoms with van der Waals surface area (Å²) in [6, 6.07) is 5.34. The van der Waals surface area contributed by atoms with Gasteiger partial charge in [0.25, 0.3) is 0 Å². The lowest BCUT2D eigenvalue weighted by Gasteiger charge is -2.23. The van der Waals surface area contributed by atoms with Crippen molar-refractivity contribution in [3.05, 3.63) is 29.5 Å². The highest BCUT2D eigenvalue weighted by atomic mass is 16.4. The van der Waals surface area contributed by atoms with Gasteiger partial charge in [-0.2, -0.15) is 0 Å². The number of hydrogen-bond donors (Lipinski definition) is 2. The smallest absolute Gasteiger partial charge is 0.321 e. The molecule has 2 atom stereocenters. The van der Waals surface area contributed by atoms with Crippen LogP contribution in [0.25, 0.3) is 11.0 Å². The fraction of sp³-hybridized carbons (Fsp3) is 0.474. The first kappa shape index (κ1) is 16.0. The molecule has 2 amide bonds. The number of hydrogen-bond acceptors (Lipinski definition) is 3. The standard InChI is InChI=1S/C19H22N2O4/c1-11-12(2)25-16-6-5-14(8-15(11)16)20-18(24)21-9-13-4-3-7-19(13,10-21)17(22)23/h5-6,8,13H,3-4,7,9-10H2,1-2H3,(H,20,24)(H,22,23)/t13-,19+/m0/s1. The number of rotatable bonds is 2. The molecule has 1 aliphatic heterocycles. The van der Waals surface area contributed by atoms with Crippen molar-refractivity contribution in [3.8, 4) is 0 Å². The number of carboxylic acid groups (broad SMARTS) is 1. The molecule has 132 valence electrons. The van der Waals surface area contributed by atoms with E-state index in [9.17, 15) is 14.7 Å². The van der Waals surface area contributed by atoms with Crippen LogP contribution in [0.15, 0.2) is 22.6 Å². The summed E-state index contributed by atoms with van der Waals surface area (Å²) in [4.78, 5) is 26.0. The summed E-state index contributed by atoms with van der Waals surface area (Å²) < 4.78 is 5.66. The van der Waals surface area contributed by atoms with Crippen LogP contribution in [0.2, 0.25) is 0 Å². The minimum Gasteiger partial charge on any atom is -0.481 e. The first-order valence-electron chi connectivity index (χ1n) is 8.70. The molecule has 2 aromatic rings. The Bertz CT molecular complexity index is 872. The third-order valence-corrected chi connectivity index (χ3v) is 6.01. The lowest BCUT2D eigenvalue weighted by atomic mass is 9.81. The zero-order valence-electron chi connectivity index (χ0n) is 14.5. The topological polar surface area (TPSA) is 82.8 Å². The second kappa shape index (κ2) is 5.51. The molecule has 25 heavy (non-hydrogen) atoms. The number of likely N-dealkylation sites (tertiary alicyclic amines) is 1. The fourth-order valence-electron chi connectivity index (χ4n) is 4.42.